The van der Waals surface area contributed by atoms with Crippen molar-refractivity contribution in [1.82, 2.24) is 9.80 Å². The Kier molecular flexibility index (Phi) is 7.58. The highest BCUT2D eigenvalue weighted by molar-refractivity contribution is 9.10. The van der Waals surface area contributed by atoms with Crippen LogP contribution in [0.2, 0.25) is 0 Å². The number of halogens is 3. The molecule has 1 aliphatic heterocycles. The fraction of sp³-hybridized carbons (Fsp3) is 0.391. The number of carbonyl (C=O) groups excluding carboxylic acids is 2. The van der Waals surface area contributed by atoms with Crippen LogP contribution in [0.25, 0.3) is 0 Å². The van der Waals surface area contributed by atoms with Crippen LogP contribution in [0.1, 0.15) is 30.9 Å². The lowest BCUT2D eigenvalue weighted by Crippen LogP contribution is -2.47. The average molecular weight is 479 g/mol. The van der Waals surface area contributed by atoms with E-state index in [-0.39, 0.29) is 42.3 Å². The third-order valence-corrected chi connectivity index (χ3v) is 5.95. The number of likely N-dealkylation sites (tertiary alicyclic amines) is 1. The van der Waals surface area contributed by atoms with Gasteiger partial charge in [-0.2, -0.15) is 0 Å². The van der Waals surface area contributed by atoms with Crippen molar-refractivity contribution >= 4 is 27.7 Å². The maximum Gasteiger partial charge on any atom is 0.227 e. The molecule has 3 rings (SSSR count). The van der Waals surface area contributed by atoms with Gasteiger partial charge in [0.25, 0.3) is 0 Å². The van der Waals surface area contributed by atoms with E-state index in [2.05, 4.69) is 15.9 Å². The van der Waals surface area contributed by atoms with E-state index in [4.69, 9.17) is 0 Å². The van der Waals surface area contributed by atoms with Crippen LogP contribution in [-0.2, 0) is 22.6 Å². The SMILES string of the molecule is CCN(Cc1cc(Br)ccc1F)C(=O)C1CCCN(C(=O)Cc2ccc(F)cc2)C1. The number of carbonyl (C=O) groups is 2. The minimum atomic E-state index is -0.343. The molecule has 0 saturated carbocycles. The summed E-state index contributed by atoms with van der Waals surface area (Å²) in [5.41, 5.74) is 1.20. The molecule has 0 N–H and O–H groups in total. The van der Waals surface area contributed by atoms with E-state index in [1.54, 1.807) is 34.1 Å². The third-order valence-electron chi connectivity index (χ3n) is 5.45. The Hall–Kier alpha value is -2.28. The Morgan fingerprint density at radius 1 is 1.17 bits per heavy atom. The lowest BCUT2D eigenvalue weighted by molar-refractivity contribution is -0.141. The molecule has 1 unspecified atom stereocenters. The summed E-state index contributed by atoms with van der Waals surface area (Å²) in [6.45, 7) is 3.49. The molecule has 4 nitrogen and oxygen atoms in total. The molecule has 2 aromatic rings. The molecule has 0 aromatic heterocycles. The van der Waals surface area contributed by atoms with Gasteiger partial charge in [-0.1, -0.05) is 28.1 Å². The van der Waals surface area contributed by atoms with E-state index in [9.17, 15) is 18.4 Å². The van der Waals surface area contributed by atoms with Gasteiger partial charge in [0.15, 0.2) is 0 Å². The van der Waals surface area contributed by atoms with Crippen LogP contribution in [0.4, 0.5) is 8.78 Å². The summed E-state index contributed by atoms with van der Waals surface area (Å²) in [6.07, 6.45) is 1.63. The van der Waals surface area contributed by atoms with Gasteiger partial charge in [0.1, 0.15) is 11.6 Å². The van der Waals surface area contributed by atoms with E-state index in [1.807, 2.05) is 6.92 Å². The fourth-order valence-electron chi connectivity index (χ4n) is 3.77. The maximum atomic E-state index is 14.1. The third kappa shape index (κ3) is 5.65. The number of benzene rings is 2. The summed E-state index contributed by atoms with van der Waals surface area (Å²) in [5, 5.41) is 0. The Morgan fingerprint density at radius 3 is 2.60 bits per heavy atom. The number of hydrogen-bond donors (Lipinski definition) is 0. The van der Waals surface area contributed by atoms with Crippen LogP contribution in [-0.4, -0.2) is 41.2 Å². The zero-order valence-electron chi connectivity index (χ0n) is 16.9. The topological polar surface area (TPSA) is 40.6 Å². The van der Waals surface area contributed by atoms with Crippen molar-refractivity contribution in [2.24, 2.45) is 5.92 Å². The van der Waals surface area contributed by atoms with Crippen molar-refractivity contribution in [1.29, 1.82) is 0 Å². The smallest absolute Gasteiger partial charge is 0.227 e. The predicted octanol–water partition coefficient (Wildman–Crippen LogP) is 4.56. The largest absolute Gasteiger partial charge is 0.342 e. The lowest BCUT2D eigenvalue weighted by atomic mass is 9.95. The summed E-state index contributed by atoms with van der Waals surface area (Å²) in [5.74, 6) is -1.11. The Balaban J connectivity index is 1.64. The second kappa shape index (κ2) is 10.2. The van der Waals surface area contributed by atoms with Crippen LogP contribution in [0.3, 0.4) is 0 Å². The van der Waals surface area contributed by atoms with Crippen LogP contribution >= 0.6 is 15.9 Å². The maximum absolute atomic E-state index is 14.1. The molecule has 0 bridgehead atoms. The second-order valence-corrected chi connectivity index (χ2v) is 8.49. The van der Waals surface area contributed by atoms with Crippen molar-refractivity contribution in [2.75, 3.05) is 19.6 Å². The molecule has 7 heteroatoms. The van der Waals surface area contributed by atoms with E-state index >= 15 is 0 Å². The predicted molar refractivity (Wildman–Crippen MR) is 115 cm³/mol. The van der Waals surface area contributed by atoms with Gasteiger partial charge in [0, 0.05) is 36.2 Å². The van der Waals surface area contributed by atoms with Gasteiger partial charge >= 0.3 is 0 Å². The Morgan fingerprint density at radius 2 is 1.90 bits per heavy atom. The summed E-state index contributed by atoms with van der Waals surface area (Å²) in [6, 6.07) is 10.6. The van der Waals surface area contributed by atoms with Crippen molar-refractivity contribution in [2.45, 2.75) is 32.7 Å². The molecule has 0 spiro atoms. The number of piperidine rings is 1. The second-order valence-electron chi connectivity index (χ2n) is 7.57. The Labute approximate surface area is 184 Å². The lowest BCUT2D eigenvalue weighted by Gasteiger charge is -2.35. The molecule has 1 saturated heterocycles. The van der Waals surface area contributed by atoms with Crippen LogP contribution in [0, 0.1) is 17.6 Å². The number of hydrogen-bond acceptors (Lipinski definition) is 2. The first-order valence-corrected chi connectivity index (χ1v) is 10.9. The summed E-state index contributed by atoms with van der Waals surface area (Å²) < 4.78 is 28.0. The molecular formula is C23H25BrF2N2O2. The molecule has 30 heavy (non-hydrogen) atoms. The summed E-state index contributed by atoms with van der Waals surface area (Å²) >= 11 is 3.34. The number of nitrogens with zero attached hydrogens (tertiary/aromatic N) is 2. The van der Waals surface area contributed by atoms with Crippen LogP contribution < -0.4 is 0 Å². The van der Waals surface area contributed by atoms with Crippen molar-refractivity contribution in [3.8, 4) is 0 Å². The van der Waals surface area contributed by atoms with Gasteiger partial charge in [-0.15, -0.1) is 0 Å². The number of rotatable bonds is 6. The molecule has 160 valence electrons. The van der Waals surface area contributed by atoms with E-state index < -0.39 is 0 Å². The van der Waals surface area contributed by atoms with Gasteiger partial charge in [-0.3, -0.25) is 9.59 Å². The molecular weight excluding hydrogens is 454 g/mol. The standard InChI is InChI=1S/C23H25BrF2N2O2/c1-2-27(15-18-13-19(24)7-10-21(18)26)23(30)17-4-3-11-28(14-17)22(29)12-16-5-8-20(25)9-6-16/h5-10,13,17H,2-4,11-12,14-15H2,1H3. The minimum absolute atomic E-state index is 0.0591. The van der Waals surface area contributed by atoms with Crippen LogP contribution in [0.15, 0.2) is 46.9 Å². The molecule has 1 aliphatic rings. The first kappa shape index (κ1) is 22.4. The van der Waals surface area contributed by atoms with E-state index in [1.165, 1.54) is 18.2 Å². The van der Waals surface area contributed by atoms with E-state index in [0.29, 0.717) is 31.6 Å². The highest BCUT2D eigenvalue weighted by Crippen LogP contribution is 2.23. The Bertz CT molecular complexity index is 905. The van der Waals surface area contributed by atoms with Crippen LogP contribution in [0.5, 0.6) is 0 Å². The normalized spacial score (nSPS) is 16.4. The summed E-state index contributed by atoms with van der Waals surface area (Å²) in [4.78, 5) is 29.1. The zero-order valence-corrected chi connectivity index (χ0v) is 18.5. The molecule has 2 aromatic carbocycles. The van der Waals surface area contributed by atoms with E-state index in [0.717, 1.165) is 16.5 Å². The van der Waals surface area contributed by atoms with Gasteiger partial charge in [-0.05, 0) is 55.7 Å². The molecule has 0 aliphatic carbocycles. The minimum Gasteiger partial charge on any atom is -0.342 e. The van der Waals surface area contributed by atoms with Gasteiger partial charge in [-0.25, -0.2) is 8.78 Å². The van der Waals surface area contributed by atoms with Gasteiger partial charge in [0.2, 0.25) is 11.8 Å². The van der Waals surface area contributed by atoms with Crippen molar-refractivity contribution in [3.05, 3.63) is 69.7 Å². The van der Waals surface area contributed by atoms with Crippen molar-refractivity contribution < 1.29 is 18.4 Å². The first-order valence-electron chi connectivity index (χ1n) is 10.1. The molecule has 1 fully saturated rings. The molecule has 1 heterocycles. The highest BCUT2D eigenvalue weighted by Gasteiger charge is 2.31. The number of amides is 2. The van der Waals surface area contributed by atoms with Gasteiger partial charge in [0.05, 0.1) is 12.3 Å². The first-order chi connectivity index (χ1) is 14.4. The molecule has 0 radical (unpaired) electrons. The molecule has 2 amide bonds. The summed E-state index contributed by atoms with van der Waals surface area (Å²) in [7, 11) is 0. The molecule has 1 atom stereocenters. The quantitative estimate of drug-likeness (QED) is 0.610. The van der Waals surface area contributed by atoms with Crippen molar-refractivity contribution in [3.63, 3.8) is 0 Å². The monoisotopic (exact) mass is 478 g/mol. The zero-order chi connectivity index (χ0) is 21.7. The highest BCUT2D eigenvalue weighted by atomic mass is 79.9. The average Bonchev–Trinajstić information content (AvgIpc) is 2.75. The fourth-order valence-corrected chi connectivity index (χ4v) is 4.18. The van der Waals surface area contributed by atoms with Gasteiger partial charge < -0.3 is 9.80 Å².